The third-order valence-electron chi connectivity index (χ3n) is 3.36. The highest BCUT2D eigenvalue weighted by Gasteiger charge is 2.15. The van der Waals surface area contributed by atoms with E-state index in [0.29, 0.717) is 24.4 Å². The van der Waals surface area contributed by atoms with Crippen molar-refractivity contribution in [3.8, 4) is 0 Å². The lowest BCUT2D eigenvalue weighted by molar-refractivity contribution is -0.138. The number of hydrogen-bond acceptors (Lipinski definition) is 6. The van der Waals surface area contributed by atoms with Gasteiger partial charge in [-0.3, -0.25) is 14.8 Å². The summed E-state index contributed by atoms with van der Waals surface area (Å²) in [6.07, 6.45) is 6.43. The Morgan fingerprint density at radius 2 is 2.18 bits per heavy atom. The van der Waals surface area contributed by atoms with Crippen molar-refractivity contribution < 1.29 is 9.90 Å². The highest BCUT2D eigenvalue weighted by Crippen LogP contribution is 2.33. The number of hydrogen-bond donors (Lipinski definition) is 2. The largest absolute Gasteiger partial charge is 0.480 e. The molecule has 1 aliphatic rings. The minimum absolute atomic E-state index is 0.218. The van der Waals surface area contributed by atoms with E-state index in [1.54, 1.807) is 41.7 Å². The molecule has 2 heterocycles. The van der Waals surface area contributed by atoms with Crippen LogP contribution in [0, 0.1) is 0 Å². The SMILES string of the molecule is C=C/C=C(/Cl)C/C=C1\CN=C(SCc2cccc(CC(N)C(=O)O)n2)S1.CC. The zero-order valence-corrected chi connectivity index (χ0v) is 18.5. The van der Waals surface area contributed by atoms with Gasteiger partial charge in [0.1, 0.15) is 10.4 Å². The Bertz CT molecular complexity index is 764. The van der Waals surface area contributed by atoms with Gasteiger partial charge in [-0.1, -0.05) is 73.8 Å². The first kappa shape index (κ1) is 24.5. The Balaban J connectivity index is 0.00000190. The van der Waals surface area contributed by atoms with Crippen LogP contribution in [0.4, 0.5) is 0 Å². The Hall–Kier alpha value is -1.54. The monoisotopic (exact) mass is 439 g/mol. The predicted molar refractivity (Wildman–Crippen MR) is 123 cm³/mol. The van der Waals surface area contributed by atoms with E-state index < -0.39 is 12.0 Å². The zero-order chi connectivity index (χ0) is 20.9. The summed E-state index contributed by atoms with van der Waals surface area (Å²) >= 11 is 9.31. The van der Waals surface area contributed by atoms with Crippen LogP contribution < -0.4 is 5.73 Å². The minimum Gasteiger partial charge on any atom is -0.480 e. The fourth-order valence-corrected chi connectivity index (χ4v) is 4.22. The Morgan fingerprint density at radius 1 is 1.46 bits per heavy atom. The van der Waals surface area contributed by atoms with Crippen molar-refractivity contribution in [2.75, 3.05) is 6.54 Å². The summed E-state index contributed by atoms with van der Waals surface area (Å²) in [7, 11) is 0. The summed E-state index contributed by atoms with van der Waals surface area (Å²) in [5.74, 6) is -0.350. The van der Waals surface area contributed by atoms with Crippen LogP contribution in [0.3, 0.4) is 0 Å². The fourth-order valence-electron chi connectivity index (χ4n) is 2.08. The first-order valence-electron chi connectivity index (χ1n) is 8.92. The molecule has 5 nitrogen and oxygen atoms in total. The van der Waals surface area contributed by atoms with Crippen LogP contribution in [-0.4, -0.2) is 33.0 Å². The van der Waals surface area contributed by atoms with Crippen LogP contribution in [0.1, 0.15) is 31.7 Å². The number of carboxylic acid groups (broad SMARTS) is 1. The number of pyridine rings is 1. The molecule has 1 aliphatic heterocycles. The van der Waals surface area contributed by atoms with Crippen LogP contribution in [-0.2, 0) is 17.0 Å². The average Bonchev–Trinajstić information content (AvgIpc) is 3.15. The molecule has 152 valence electrons. The van der Waals surface area contributed by atoms with Gasteiger partial charge in [0, 0.05) is 34.2 Å². The summed E-state index contributed by atoms with van der Waals surface area (Å²) < 4.78 is 0.995. The number of nitrogens with two attached hydrogens (primary N) is 1. The number of halogens is 1. The van der Waals surface area contributed by atoms with Gasteiger partial charge in [-0.2, -0.15) is 0 Å². The first-order valence-corrected chi connectivity index (χ1v) is 11.1. The third-order valence-corrected chi connectivity index (χ3v) is 5.92. The normalized spacial score (nSPS) is 16.2. The number of rotatable bonds is 8. The van der Waals surface area contributed by atoms with Gasteiger partial charge in [-0.05, 0) is 18.2 Å². The van der Waals surface area contributed by atoms with Crippen molar-refractivity contribution in [3.63, 3.8) is 0 Å². The maximum Gasteiger partial charge on any atom is 0.320 e. The lowest BCUT2D eigenvalue weighted by Gasteiger charge is -2.07. The number of carboxylic acids is 1. The van der Waals surface area contributed by atoms with Gasteiger partial charge in [0.2, 0.25) is 0 Å². The molecular formula is C20H26ClN3O2S2. The predicted octanol–water partition coefficient (Wildman–Crippen LogP) is 4.98. The molecule has 1 aromatic heterocycles. The van der Waals surface area contributed by atoms with Crippen molar-refractivity contribution in [3.05, 3.63) is 64.3 Å². The maximum atomic E-state index is 10.9. The van der Waals surface area contributed by atoms with Crippen LogP contribution in [0.15, 0.2) is 57.9 Å². The van der Waals surface area contributed by atoms with E-state index in [-0.39, 0.29) is 6.42 Å². The van der Waals surface area contributed by atoms with Crippen molar-refractivity contribution in [2.45, 2.75) is 38.5 Å². The molecule has 0 amide bonds. The highest BCUT2D eigenvalue weighted by molar-refractivity contribution is 8.40. The molecule has 1 unspecified atom stereocenters. The third kappa shape index (κ3) is 9.10. The molecule has 0 saturated carbocycles. The van der Waals surface area contributed by atoms with Gasteiger partial charge < -0.3 is 10.8 Å². The van der Waals surface area contributed by atoms with Crippen molar-refractivity contribution >= 4 is 45.5 Å². The number of thioether (sulfide) groups is 2. The van der Waals surface area contributed by atoms with Gasteiger partial charge in [-0.25, -0.2) is 0 Å². The summed E-state index contributed by atoms with van der Waals surface area (Å²) in [5.41, 5.74) is 7.12. The van der Waals surface area contributed by atoms with Crippen LogP contribution >= 0.6 is 35.1 Å². The van der Waals surface area contributed by atoms with Crippen LogP contribution in [0.5, 0.6) is 0 Å². The average molecular weight is 440 g/mol. The number of aliphatic carboxylic acids is 1. The van der Waals surface area contributed by atoms with Crippen molar-refractivity contribution in [1.82, 2.24) is 4.98 Å². The molecule has 28 heavy (non-hydrogen) atoms. The molecule has 0 bridgehead atoms. The quantitative estimate of drug-likeness (QED) is 0.555. The molecule has 3 N–H and O–H groups in total. The molecule has 1 aromatic rings. The Kier molecular flexibility index (Phi) is 11.9. The maximum absolute atomic E-state index is 10.9. The fraction of sp³-hybridized carbons (Fsp3) is 0.350. The molecule has 0 radical (unpaired) electrons. The number of allylic oxidation sites excluding steroid dienone is 4. The van der Waals surface area contributed by atoms with E-state index in [1.165, 1.54) is 4.91 Å². The van der Waals surface area contributed by atoms with E-state index in [0.717, 1.165) is 15.1 Å². The smallest absolute Gasteiger partial charge is 0.320 e. The molecule has 0 aliphatic carbocycles. The second-order valence-corrected chi connectivity index (χ2v) is 8.29. The summed E-state index contributed by atoms with van der Waals surface area (Å²) in [6.45, 7) is 8.29. The van der Waals surface area contributed by atoms with Gasteiger partial charge in [0.15, 0.2) is 0 Å². The van der Waals surface area contributed by atoms with Crippen molar-refractivity contribution in [2.24, 2.45) is 10.7 Å². The van der Waals surface area contributed by atoms with E-state index in [1.807, 2.05) is 26.0 Å². The van der Waals surface area contributed by atoms with E-state index in [4.69, 9.17) is 22.4 Å². The topological polar surface area (TPSA) is 88.6 Å². The number of carbonyl (C=O) groups is 1. The second-order valence-electron chi connectivity index (χ2n) is 5.47. The lowest BCUT2D eigenvalue weighted by Crippen LogP contribution is -2.32. The first-order chi connectivity index (χ1) is 13.5. The molecule has 2 rings (SSSR count). The standard InChI is InChI=1S/C18H20ClN3O2S2.C2H6/c1-2-4-12(19)7-8-15-10-21-18(26-15)25-11-14-6-3-5-13(22-14)9-16(20)17(23)24;1-2/h2-6,8,16H,1,7,9-11,20H2,(H,23,24);1-2H3/b12-4+,15-8+;. The van der Waals surface area contributed by atoms with Gasteiger partial charge in [0.05, 0.1) is 12.2 Å². The molecule has 8 heteroatoms. The molecule has 0 aromatic carbocycles. The molecule has 1 atom stereocenters. The number of nitrogens with zero attached hydrogens (tertiary/aromatic N) is 2. The molecule has 0 saturated heterocycles. The molecular weight excluding hydrogens is 414 g/mol. The van der Waals surface area contributed by atoms with Gasteiger partial charge >= 0.3 is 5.97 Å². The summed E-state index contributed by atoms with van der Waals surface area (Å²) in [5, 5.41) is 9.64. The molecule has 0 spiro atoms. The second kappa shape index (κ2) is 13.6. The van der Waals surface area contributed by atoms with E-state index in [9.17, 15) is 4.79 Å². The lowest BCUT2D eigenvalue weighted by atomic mass is 10.1. The zero-order valence-electron chi connectivity index (χ0n) is 16.1. The Morgan fingerprint density at radius 3 is 2.86 bits per heavy atom. The highest BCUT2D eigenvalue weighted by atomic mass is 35.5. The van der Waals surface area contributed by atoms with Gasteiger partial charge in [-0.15, -0.1) is 0 Å². The van der Waals surface area contributed by atoms with Crippen molar-refractivity contribution in [1.29, 1.82) is 0 Å². The number of aliphatic imine (C=N–C) groups is 1. The minimum atomic E-state index is -1.02. The summed E-state index contributed by atoms with van der Waals surface area (Å²) in [4.78, 5) is 21.0. The van der Waals surface area contributed by atoms with Crippen LogP contribution in [0.25, 0.3) is 0 Å². The number of aromatic nitrogens is 1. The van der Waals surface area contributed by atoms with Gasteiger partial charge in [0.25, 0.3) is 0 Å². The van der Waals surface area contributed by atoms with E-state index >= 15 is 0 Å². The Labute approximate surface area is 180 Å². The van der Waals surface area contributed by atoms with Crippen LogP contribution in [0.2, 0.25) is 0 Å². The molecule has 0 fully saturated rings. The van der Waals surface area contributed by atoms with E-state index in [2.05, 4.69) is 22.6 Å². The summed E-state index contributed by atoms with van der Waals surface area (Å²) in [6, 6.07) is 4.64.